The first-order valence-electron chi connectivity index (χ1n) is 6.45. The summed E-state index contributed by atoms with van der Waals surface area (Å²) in [5.41, 5.74) is 2.96. The molecule has 1 amide bonds. The Morgan fingerprint density at radius 1 is 1.10 bits per heavy atom. The van der Waals surface area contributed by atoms with Crippen LogP contribution in [0.1, 0.15) is 25.5 Å². The standard InChI is InChI=1S/C16H17BrN2O/c1-11(15-8-3-4-9-16(15)17)18-13-6-5-7-14(10-13)19-12(2)20/h3-11,18H,1-2H3,(H,19,20). The first-order chi connectivity index (χ1) is 9.56. The molecule has 1 unspecified atom stereocenters. The second-order valence-electron chi connectivity index (χ2n) is 4.65. The second-order valence-corrected chi connectivity index (χ2v) is 5.50. The predicted molar refractivity (Wildman–Crippen MR) is 86.9 cm³/mol. The minimum atomic E-state index is -0.0685. The van der Waals surface area contributed by atoms with E-state index in [0.29, 0.717) is 0 Å². The molecular weight excluding hydrogens is 316 g/mol. The number of amides is 1. The summed E-state index contributed by atoms with van der Waals surface area (Å²) in [4.78, 5) is 11.1. The first kappa shape index (κ1) is 14.6. The molecular formula is C16H17BrN2O. The second kappa shape index (κ2) is 6.57. The number of carbonyl (C=O) groups excluding carboxylic acids is 1. The minimum Gasteiger partial charge on any atom is -0.378 e. The van der Waals surface area contributed by atoms with Crippen LogP contribution in [0.2, 0.25) is 0 Å². The Labute approximate surface area is 127 Å². The molecule has 2 rings (SSSR count). The quantitative estimate of drug-likeness (QED) is 0.860. The number of hydrogen-bond donors (Lipinski definition) is 2. The average molecular weight is 333 g/mol. The lowest BCUT2D eigenvalue weighted by Gasteiger charge is -2.17. The molecule has 0 saturated carbocycles. The molecule has 2 aromatic carbocycles. The highest BCUT2D eigenvalue weighted by Crippen LogP contribution is 2.26. The number of hydrogen-bond acceptors (Lipinski definition) is 2. The predicted octanol–water partition coefficient (Wildman–Crippen LogP) is 4.58. The summed E-state index contributed by atoms with van der Waals surface area (Å²) in [7, 11) is 0. The molecule has 104 valence electrons. The molecule has 0 heterocycles. The van der Waals surface area contributed by atoms with Crippen LogP contribution in [0, 0.1) is 0 Å². The molecule has 2 aromatic rings. The molecule has 0 aromatic heterocycles. The van der Waals surface area contributed by atoms with Gasteiger partial charge in [0.05, 0.1) is 0 Å². The van der Waals surface area contributed by atoms with Crippen LogP contribution in [0.25, 0.3) is 0 Å². The Balaban J connectivity index is 2.13. The van der Waals surface area contributed by atoms with Crippen LogP contribution in [0.4, 0.5) is 11.4 Å². The smallest absolute Gasteiger partial charge is 0.221 e. The molecule has 1 atom stereocenters. The van der Waals surface area contributed by atoms with Crippen molar-refractivity contribution in [2.75, 3.05) is 10.6 Å². The van der Waals surface area contributed by atoms with Crippen molar-refractivity contribution in [2.24, 2.45) is 0 Å². The lowest BCUT2D eigenvalue weighted by atomic mass is 10.1. The van der Waals surface area contributed by atoms with Crippen molar-refractivity contribution in [3.8, 4) is 0 Å². The molecule has 2 N–H and O–H groups in total. The number of carbonyl (C=O) groups is 1. The molecule has 0 fully saturated rings. The van der Waals surface area contributed by atoms with E-state index in [1.165, 1.54) is 12.5 Å². The molecule has 3 nitrogen and oxygen atoms in total. The third-order valence-electron chi connectivity index (χ3n) is 2.94. The SMILES string of the molecule is CC(=O)Nc1cccc(NC(C)c2ccccc2Br)c1. The summed E-state index contributed by atoms with van der Waals surface area (Å²) in [5.74, 6) is -0.0685. The van der Waals surface area contributed by atoms with Gasteiger partial charge in [-0.1, -0.05) is 40.2 Å². The van der Waals surface area contributed by atoms with E-state index in [0.717, 1.165) is 15.8 Å². The Morgan fingerprint density at radius 3 is 2.50 bits per heavy atom. The Morgan fingerprint density at radius 2 is 1.80 bits per heavy atom. The van der Waals surface area contributed by atoms with E-state index < -0.39 is 0 Å². The third-order valence-corrected chi connectivity index (χ3v) is 3.66. The van der Waals surface area contributed by atoms with Gasteiger partial charge in [0.15, 0.2) is 0 Å². The van der Waals surface area contributed by atoms with Gasteiger partial charge in [0.1, 0.15) is 0 Å². The summed E-state index contributed by atoms with van der Waals surface area (Å²) in [5, 5.41) is 6.21. The monoisotopic (exact) mass is 332 g/mol. The van der Waals surface area contributed by atoms with E-state index in [4.69, 9.17) is 0 Å². The lowest BCUT2D eigenvalue weighted by molar-refractivity contribution is -0.114. The Hall–Kier alpha value is -1.81. The van der Waals surface area contributed by atoms with Crippen molar-refractivity contribution in [3.63, 3.8) is 0 Å². The zero-order chi connectivity index (χ0) is 14.5. The normalized spacial score (nSPS) is 11.8. The van der Waals surface area contributed by atoms with Crippen LogP contribution in [-0.2, 0) is 4.79 Å². The van der Waals surface area contributed by atoms with Gasteiger partial charge < -0.3 is 10.6 Å². The number of anilines is 2. The highest BCUT2D eigenvalue weighted by molar-refractivity contribution is 9.10. The molecule has 4 heteroatoms. The summed E-state index contributed by atoms with van der Waals surface area (Å²) >= 11 is 3.56. The van der Waals surface area contributed by atoms with Gasteiger partial charge >= 0.3 is 0 Å². The highest BCUT2D eigenvalue weighted by Gasteiger charge is 2.08. The van der Waals surface area contributed by atoms with Gasteiger partial charge in [0, 0.05) is 28.8 Å². The fourth-order valence-corrected chi connectivity index (χ4v) is 2.67. The summed E-state index contributed by atoms with van der Waals surface area (Å²) in [6, 6.07) is 16.0. The topological polar surface area (TPSA) is 41.1 Å². The van der Waals surface area contributed by atoms with E-state index in [-0.39, 0.29) is 11.9 Å². The first-order valence-corrected chi connectivity index (χ1v) is 7.24. The third kappa shape index (κ3) is 3.84. The van der Waals surface area contributed by atoms with Crippen molar-refractivity contribution >= 4 is 33.2 Å². The van der Waals surface area contributed by atoms with E-state index in [1.54, 1.807) is 0 Å². The van der Waals surface area contributed by atoms with E-state index in [1.807, 2.05) is 42.5 Å². The number of nitrogens with one attached hydrogen (secondary N) is 2. The maximum atomic E-state index is 11.1. The summed E-state index contributed by atoms with van der Waals surface area (Å²) in [6.07, 6.45) is 0. The van der Waals surface area contributed by atoms with Gasteiger partial charge in [0.25, 0.3) is 0 Å². The fraction of sp³-hybridized carbons (Fsp3) is 0.188. The van der Waals surface area contributed by atoms with Crippen LogP contribution in [0.5, 0.6) is 0 Å². The Bertz CT molecular complexity index is 613. The van der Waals surface area contributed by atoms with Crippen LogP contribution in [0.3, 0.4) is 0 Å². The molecule has 0 aliphatic heterocycles. The van der Waals surface area contributed by atoms with Crippen molar-refractivity contribution in [1.29, 1.82) is 0 Å². The zero-order valence-electron chi connectivity index (χ0n) is 11.5. The molecule has 0 aliphatic rings. The van der Waals surface area contributed by atoms with Crippen LogP contribution in [-0.4, -0.2) is 5.91 Å². The van der Waals surface area contributed by atoms with E-state index in [9.17, 15) is 4.79 Å². The van der Waals surface area contributed by atoms with Crippen LogP contribution in [0.15, 0.2) is 53.0 Å². The maximum Gasteiger partial charge on any atom is 0.221 e. The molecule has 0 spiro atoms. The van der Waals surface area contributed by atoms with Crippen LogP contribution >= 0.6 is 15.9 Å². The fourth-order valence-electron chi connectivity index (χ4n) is 2.04. The van der Waals surface area contributed by atoms with Gasteiger partial charge in [-0.2, -0.15) is 0 Å². The molecule has 0 aliphatic carbocycles. The van der Waals surface area contributed by atoms with Crippen molar-refractivity contribution in [1.82, 2.24) is 0 Å². The van der Waals surface area contributed by atoms with Gasteiger partial charge in [0.2, 0.25) is 5.91 Å². The zero-order valence-corrected chi connectivity index (χ0v) is 13.1. The van der Waals surface area contributed by atoms with E-state index in [2.05, 4.69) is 39.6 Å². The maximum absolute atomic E-state index is 11.1. The van der Waals surface area contributed by atoms with E-state index >= 15 is 0 Å². The van der Waals surface area contributed by atoms with Crippen molar-refractivity contribution in [2.45, 2.75) is 19.9 Å². The van der Waals surface area contributed by atoms with Gasteiger partial charge in [-0.15, -0.1) is 0 Å². The lowest BCUT2D eigenvalue weighted by Crippen LogP contribution is -2.09. The summed E-state index contributed by atoms with van der Waals surface area (Å²) < 4.78 is 1.08. The van der Waals surface area contributed by atoms with Gasteiger partial charge in [-0.25, -0.2) is 0 Å². The molecule has 20 heavy (non-hydrogen) atoms. The summed E-state index contributed by atoms with van der Waals surface area (Å²) in [6.45, 7) is 3.61. The minimum absolute atomic E-state index is 0.0685. The van der Waals surface area contributed by atoms with Gasteiger partial charge in [-0.3, -0.25) is 4.79 Å². The molecule has 0 saturated heterocycles. The Kier molecular flexibility index (Phi) is 4.79. The largest absolute Gasteiger partial charge is 0.378 e. The molecule has 0 radical (unpaired) electrons. The number of halogens is 1. The number of benzene rings is 2. The van der Waals surface area contributed by atoms with Crippen LogP contribution < -0.4 is 10.6 Å². The van der Waals surface area contributed by atoms with Crippen molar-refractivity contribution < 1.29 is 4.79 Å². The number of rotatable bonds is 4. The molecule has 0 bridgehead atoms. The van der Waals surface area contributed by atoms with Crippen molar-refractivity contribution in [3.05, 3.63) is 58.6 Å². The average Bonchev–Trinajstić information content (AvgIpc) is 2.38. The highest BCUT2D eigenvalue weighted by atomic mass is 79.9. The van der Waals surface area contributed by atoms with Gasteiger partial charge in [-0.05, 0) is 36.8 Å².